The predicted octanol–water partition coefficient (Wildman–Crippen LogP) is 4.22. The number of alkyl carbamates (subject to hydrolysis) is 1. The second kappa shape index (κ2) is 17.7. The van der Waals surface area contributed by atoms with E-state index in [1.54, 1.807) is 0 Å². The molecule has 0 aliphatic rings. The third-order valence-electron chi connectivity index (χ3n) is 5.10. The van der Waals surface area contributed by atoms with E-state index in [0.717, 1.165) is 12.8 Å². The third kappa shape index (κ3) is 21.2. The van der Waals surface area contributed by atoms with Gasteiger partial charge in [0.05, 0.1) is 27.2 Å². The number of likely N-dealkylation sites (N-methyl/N-ethyl adjacent to an activating group) is 1. The fourth-order valence-electron chi connectivity index (χ4n) is 3.50. The van der Waals surface area contributed by atoms with Crippen LogP contribution in [0.15, 0.2) is 0 Å². The molecule has 1 amide bonds. The first kappa shape index (κ1) is 31.3. The van der Waals surface area contributed by atoms with Gasteiger partial charge in [0.15, 0.2) is 0 Å². The highest BCUT2D eigenvalue weighted by Crippen LogP contribution is 2.39. The molecule has 0 saturated heterocycles. The number of nitrogens with zero attached hydrogens (tertiary/aromatic N) is 1. The van der Waals surface area contributed by atoms with Crippen molar-refractivity contribution in [3.63, 3.8) is 0 Å². The van der Waals surface area contributed by atoms with Crippen molar-refractivity contribution in [3.05, 3.63) is 0 Å². The van der Waals surface area contributed by atoms with E-state index in [9.17, 15) is 9.36 Å². The summed E-state index contributed by atoms with van der Waals surface area (Å²) in [5, 5.41) is 2.74. The first-order valence-electron chi connectivity index (χ1n) is 11.9. The molecule has 10 heteroatoms. The lowest BCUT2D eigenvalue weighted by atomic mass is 10.1. The zero-order valence-electron chi connectivity index (χ0n) is 20.9. The number of hydrogen-bond acceptors (Lipinski definition) is 5. The Hall–Kier alpha value is -0.700. The smallest absolute Gasteiger partial charge is 0.447 e. The molecule has 0 aromatic heterocycles. The van der Waals surface area contributed by atoms with Gasteiger partial charge >= 0.3 is 13.9 Å². The summed E-state index contributed by atoms with van der Waals surface area (Å²) in [4.78, 5) is 30.3. The minimum atomic E-state index is -4.63. The summed E-state index contributed by atoms with van der Waals surface area (Å²) in [5.74, 6) is 0. The summed E-state index contributed by atoms with van der Waals surface area (Å²) in [6.07, 6.45) is 10.8. The second-order valence-electron chi connectivity index (χ2n) is 9.49. The molecule has 2 atom stereocenters. The number of phosphoric ester groups is 1. The lowest BCUT2D eigenvalue weighted by Crippen LogP contribution is -2.44. The van der Waals surface area contributed by atoms with Gasteiger partial charge in [-0.2, -0.15) is 0 Å². The minimum Gasteiger partial charge on any atom is -0.447 e. The number of rotatable bonds is 20. The van der Waals surface area contributed by atoms with Crippen LogP contribution in [0, 0.1) is 0 Å². The van der Waals surface area contributed by atoms with Crippen LogP contribution in [0.4, 0.5) is 4.79 Å². The number of nitrogens with one attached hydrogen (secondary N) is 1. The number of hydrogen-bond donors (Lipinski definition) is 3. The van der Waals surface area contributed by atoms with Crippen LogP contribution in [0.2, 0.25) is 0 Å². The van der Waals surface area contributed by atoms with E-state index in [-0.39, 0.29) is 13.0 Å². The summed E-state index contributed by atoms with van der Waals surface area (Å²) < 4.78 is 27.2. The maximum absolute atomic E-state index is 11.9. The van der Waals surface area contributed by atoms with Crippen LogP contribution in [-0.2, 0) is 18.6 Å². The van der Waals surface area contributed by atoms with Crippen molar-refractivity contribution < 1.29 is 37.6 Å². The summed E-state index contributed by atoms with van der Waals surface area (Å²) in [5.41, 5.74) is 0. The van der Waals surface area contributed by atoms with Gasteiger partial charge in [0.1, 0.15) is 19.3 Å². The van der Waals surface area contributed by atoms with Crippen molar-refractivity contribution >= 4 is 13.9 Å². The number of ether oxygens (including phenoxy) is 2. The molecule has 9 nitrogen and oxygen atoms in total. The quantitative estimate of drug-likeness (QED) is 0.135. The van der Waals surface area contributed by atoms with E-state index in [0.29, 0.717) is 17.6 Å². The van der Waals surface area contributed by atoms with Gasteiger partial charge in [0.2, 0.25) is 0 Å². The van der Waals surface area contributed by atoms with E-state index in [2.05, 4.69) is 12.2 Å². The number of methoxy groups -OCH3 is 1. The summed E-state index contributed by atoms with van der Waals surface area (Å²) in [6.45, 7) is 3.15. The van der Waals surface area contributed by atoms with Gasteiger partial charge in [-0.3, -0.25) is 4.52 Å². The van der Waals surface area contributed by atoms with E-state index in [1.807, 2.05) is 21.1 Å². The standard InChI is InChI=1S/C22H47N2O7P/c1-6-7-8-9-10-11-12-13-14-15-16-23-22(25)30-19-21(29-5)17-20(18-24(2,3)4)31-32(26,27)28/h20-21H,6-19H2,1-5H3,(H2-,23,25,26,27,28)/p+1. The zero-order chi connectivity index (χ0) is 24.5. The van der Waals surface area contributed by atoms with Crippen LogP contribution in [-0.4, -0.2) is 80.5 Å². The molecular formula is C22H48N2O7P+. The van der Waals surface area contributed by atoms with Crippen LogP contribution < -0.4 is 5.32 Å². The molecule has 32 heavy (non-hydrogen) atoms. The van der Waals surface area contributed by atoms with E-state index in [1.165, 1.54) is 58.5 Å². The Balaban J connectivity index is 4.03. The van der Waals surface area contributed by atoms with Gasteiger partial charge in [-0.15, -0.1) is 0 Å². The molecular weight excluding hydrogens is 435 g/mol. The lowest BCUT2D eigenvalue weighted by molar-refractivity contribution is -0.873. The molecule has 0 aromatic carbocycles. The number of quaternary nitrogens is 1. The molecule has 0 fully saturated rings. The molecule has 2 unspecified atom stereocenters. The Labute approximate surface area is 195 Å². The fraction of sp³-hybridized carbons (Fsp3) is 0.955. The second-order valence-corrected chi connectivity index (χ2v) is 10.7. The number of phosphoric acid groups is 1. The van der Waals surface area contributed by atoms with Crippen LogP contribution >= 0.6 is 7.82 Å². The van der Waals surface area contributed by atoms with Crippen molar-refractivity contribution in [3.8, 4) is 0 Å². The molecule has 192 valence electrons. The van der Waals surface area contributed by atoms with Gasteiger partial charge in [0.25, 0.3) is 0 Å². The Morgan fingerprint density at radius 1 is 0.938 bits per heavy atom. The molecule has 3 N–H and O–H groups in total. The fourth-order valence-corrected chi connectivity index (χ4v) is 4.05. The van der Waals surface area contributed by atoms with Crippen LogP contribution in [0.1, 0.15) is 77.6 Å². The Morgan fingerprint density at radius 3 is 1.94 bits per heavy atom. The Morgan fingerprint density at radius 2 is 1.47 bits per heavy atom. The van der Waals surface area contributed by atoms with Gasteiger partial charge in [-0.1, -0.05) is 64.7 Å². The van der Waals surface area contributed by atoms with Crippen molar-refractivity contribution in [2.75, 3.05) is 47.9 Å². The first-order valence-corrected chi connectivity index (χ1v) is 13.5. The minimum absolute atomic E-state index is 0.0154. The number of unbranched alkanes of at least 4 members (excludes halogenated alkanes) is 9. The van der Waals surface area contributed by atoms with E-state index in [4.69, 9.17) is 23.8 Å². The lowest BCUT2D eigenvalue weighted by Gasteiger charge is -2.30. The highest BCUT2D eigenvalue weighted by molar-refractivity contribution is 7.46. The molecule has 0 heterocycles. The molecule has 0 radical (unpaired) electrons. The predicted molar refractivity (Wildman–Crippen MR) is 126 cm³/mol. The van der Waals surface area contributed by atoms with Gasteiger partial charge in [-0.25, -0.2) is 9.36 Å². The number of amides is 1. The van der Waals surface area contributed by atoms with Crippen molar-refractivity contribution in [1.82, 2.24) is 5.32 Å². The van der Waals surface area contributed by atoms with Crippen molar-refractivity contribution in [1.29, 1.82) is 0 Å². The molecule has 0 rings (SSSR count). The van der Waals surface area contributed by atoms with Gasteiger partial charge < -0.3 is 29.1 Å². The monoisotopic (exact) mass is 483 g/mol. The maximum atomic E-state index is 11.9. The summed E-state index contributed by atoms with van der Waals surface area (Å²) in [6, 6.07) is 0. The first-order chi connectivity index (χ1) is 15.0. The molecule has 0 bridgehead atoms. The molecule has 0 spiro atoms. The van der Waals surface area contributed by atoms with Gasteiger partial charge in [-0.05, 0) is 6.42 Å². The number of carbonyl (C=O) groups is 1. The highest BCUT2D eigenvalue weighted by atomic mass is 31.2. The zero-order valence-corrected chi connectivity index (χ0v) is 21.8. The molecule has 0 aliphatic carbocycles. The van der Waals surface area contributed by atoms with Gasteiger partial charge in [0, 0.05) is 20.1 Å². The molecule has 0 aliphatic heterocycles. The molecule has 0 saturated carbocycles. The third-order valence-corrected chi connectivity index (χ3v) is 5.67. The summed E-state index contributed by atoms with van der Waals surface area (Å²) in [7, 11) is 2.53. The average Bonchev–Trinajstić information content (AvgIpc) is 2.66. The Bertz CT molecular complexity index is 523. The van der Waals surface area contributed by atoms with Crippen molar-refractivity contribution in [2.45, 2.75) is 89.8 Å². The largest absolute Gasteiger partial charge is 0.470 e. The van der Waals surface area contributed by atoms with Crippen LogP contribution in [0.25, 0.3) is 0 Å². The average molecular weight is 484 g/mol. The van der Waals surface area contributed by atoms with E-state index < -0.39 is 26.1 Å². The van der Waals surface area contributed by atoms with Crippen LogP contribution in [0.5, 0.6) is 0 Å². The maximum Gasteiger partial charge on any atom is 0.470 e. The Kier molecular flexibility index (Phi) is 17.3. The van der Waals surface area contributed by atoms with E-state index >= 15 is 0 Å². The molecule has 0 aromatic rings. The SMILES string of the molecule is CCCCCCCCCCCCNC(=O)OCC(CC(C[N+](C)(C)C)OP(=O)(O)O)OC. The highest BCUT2D eigenvalue weighted by Gasteiger charge is 2.30. The number of carbonyl (C=O) groups excluding carboxylic acids is 1. The van der Waals surface area contributed by atoms with Crippen molar-refractivity contribution in [2.24, 2.45) is 0 Å². The normalized spacial score (nSPS) is 14.2. The topological polar surface area (TPSA) is 114 Å². The summed E-state index contributed by atoms with van der Waals surface area (Å²) >= 11 is 0. The van der Waals surface area contributed by atoms with Crippen LogP contribution in [0.3, 0.4) is 0 Å².